The Balaban J connectivity index is 1.77. The van der Waals surface area contributed by atoms with Gasteiger partial charge >= 0.3 is 0 Å². The largest absolute Gasteiger partial charge is 0.493 e. The molecule has 0 atom stereocenters. The predicted octanol–water partition coefficient (Wildman–Crippen LogP) is 8.26. The predicted molar refractivity (Wildman–Crippen MR) is 125 cm³/mol. The number of benzene rings is 3. The van der Waals surface area contributed by atoms with E-state index in [1.54, 1.807) is 43.5 Å². The molecule has 0 saturated heterocycles. The van der Waals surface area contributed by atoms with Crippen molar-refractivity contribution >= 4 is 68.0 Å². The first-order valence-corrected chi connectivity index (χ1v) is 10.8. The summed E-state index contributed by atoms with van der Waals surface area (Å²) >= 11 is 28.3. The van der Waals surface area contributed by atoms with Crippen LogP contribution in [0.15, 0.2) is 53.0 Å². The second kappa shape index (κ2) is 10.1. The van der Waals surface area contributed by atoms with Crippen molar-refractivity contribution in [3.63, 3.8) is 0 Å². The average molecular weight is 536 g/mol. The molecule has 0 aliphatic rings. The van der Waals surface area contributed by atoms with Gasteiger partial charge < -0.3 is 14.8 Å². The molecule has 3 nitrogen and oxygen atoms in total. The summed E-state index contributed by atoms with van der Waals surface area (Å²) in [6, 6.07) is 14.3. The Morgan fingerprint density at radius 1 is 0.897 bits per heavy atom. The van der Waals surface area contributed by atoms with E-state index in [1.165, 1.54) is 0 Å². The third-order valence-corrected chi connectivity index (χ3v) is 6.18. The highest BCUT2D eigenvalue weighted by Crippen LogP contribution is 2.36. The van der Waals surface area contributed by atoms with E-state index >= 15 is 0 Å². The first-order valence-electron chi connectivity index (χ1n) is 8.50. The molecule has 0 fully saturated rings. The van der Waals surface area contributed by atoms with E-state index in [2.05, 4.69) is 21.2 Å². The normalized spacial score (nSPS) is 10.7. The SMILES string of the molecule is COc1cc(CNc2cc(Cl)ccc2Cl)c(Br)cc1OCc1c(Cl)cccc1Cl. The minimum Gasteiger partial charge on any atom is -0.493 e. The second-order valence-corrected chi connectivity index (χ2v) is 8.57. The number of methoxy groups -OCH3 is 1. The molecule has 0 aliphatic carbocycles. The van der Waals surface area contributed by atoms with Gasteiger partial charge in [0, 0.05) is 31.6 Å². The Morgan fingerprint density at radius 3 is 2.31 bits per heavy atom. The highest BCUT2D eigenvalue weighted by molar-refractivity contribution is 9.10. The molecule has 0 spiro atoms. The lowest BCUT2D eigenvalue weighted by Gasteiger charge is -2.16. The Bertz CT molecular complexity index is 1010. The minimum atomic E-state index is 0.219. The second-order valence-electron chi connectivity index (χ2n) is 6.06. The van der Waals surface area contributed by atoms with E-state index in [0.717, 1.165) is 21.3 Å². The zero-order valence-corrected chi connectivity index (χ0v) is 19.8. The molecule has 1 N–H and O–H groups in total. The highest BCUT2D eigenvalue weighted by atomic mass is 79.9. The molecule has 0 unspecified atom stereocenters. The van der Waals surface area contributed by atoms with Crippen LogP contribution in [0.4, 0.5) is 5.69 Å². The lowest BCUT2D eigenvalue weighted by molar-refractivity contribution is 0.284. The van der Waals surface area contributed by atoms with Gasteiger partial charge in [-0.05, 0) is 48.0 Å². The molecule has 0 aromatic heterocycles. The molecule has 3 aromatic rings. The van der Waals surface area contributed by atoms with Gasteiger partial charge in [-0.2, -0.15) is 0 Å². The summed E-state index contributed by atoms with van der Waals surface area (Å²) in [5.41, 5.74) is 2.43. The summed E-state index contributed by atoms with van der Waals surface area (Å²) in [6.45, 7) is 0.727. The summed E-state index contributed by atoms with van der Waals surface area (Å²) in [4.78, 5) is 0. The van der Waals surface area contributed by atoms with Crippen molar-refractivity contribution in [1.29, 1.82) is 0 Å². The van der Waals surface area contributed by atoms with E-state index in [4.69, 9.17) is 55.9 Å². The van der Waals surface area contributed by atoms with Crippen molar-refractivity contribution in [2.45, 2.75) is 13.2 Å². The molecule has 8 heteroatoms. The first-order chi connectivity index (χ1) is 13.9. The number of rotatable bonds is 7. The van der Waals surface area contributed by atoms with E-state index in [0.29, 0.717) is 38.1 Å². The molecule has 29 heavy (non-hydrogen) atoms. The van der Waals surface area contributed by atoms with Crippen LogP contribution in [0.1, 0.15) is 11.1 Å². The minimum absolute atomic E-state index is 0.219. The third kappa shape index (κ3) is 5.65. The van der Waals surface area contributed by atoms with Gasteiger partial charge in [-0.15, -0.1) is 0 Å². The van der Waals surface area contributed by atoms with Crippen molar-refractivity contribution < 1.29 is 9.47 Å². The van der Waals surface area contributed by atoms with Crippen LogP contribution in [0.5, 0.6) is 11.5 Å². The Morgan fingerprint density at radius 2 is 1.62 bits per heavy atom. The van der Waals surface area contributed by atoms with Crippen molar-refractivity contribution in [1.82, 2.24) is 0 Å². The fourth-order valence-electron chi connectivity index (χ4n) is 2.63. The monoisotopic (exact) mass is 533 g/mol. The van der Waals surface area contributed by atoms with Crippen LogP contribution >= 0.6 is 62.3 Å². The fraction of sp³-hybridized carbons (Fsp3) is 0.143. The number of hydrogen-bond acceptors (Lipinski definition) is 3. The molecular weight excluding hydrogens is 520 g/mol. The van der Waals surface area contributed by atoms with Gasteiger partial charge in [0.15, 0.2) is 11.5 Å². The van der Waals surface area contributed by atoms with Gasteiger partial charge in [0.25, 0.3) is 0 Å². The van der Waals surface area contributed by atoms with Gasteiger partial charge in [0.05, 0.1) is 17.8 Å². The van der Waals surface area contributed by atoms with Crippen molar-refractivity contribution in [2.24, 2.45) is 0 Å². The van der Waals surface area contributed by atoms with Crippen molar-refractivity contribution in [3.8, 4) is 11.5 Å². The fourth-order valence-corrected chi connectivity index (χ4v) is 3.95. The molecule has 0 radical (unpaired) electrons. The van der Waals surface area contributed by atoms with Gasteiger partial charge in [0.1, 0.15) is 6.61 Å². The summed E-state index contributed by atoms with van der Waals surface area (Å²) in [5, 5.41) is 5.58. The van der Waals surface area contributed by atoms with Crippen LogP contribution in [0.3, 0.4) is 0 Å². The van der Waals surface area contributed by atoms with Crippen molar-refractivity contribution in [3.05, 3.63) is 84.2 Å². The Hall–Kier alpha value is -1.30. The van der Waals surface area contributed by atoms with Crippen molar-refractivity contribution in [2.75, 3.05) is 12.4 Å². The summed E-state index contributed by atoms with van der Waals surface area (Å²) < 4.78 is 12.3. The Kier molecular flexibility index (Phi) is 7.83. The van der Waals surface area contributed by atoms with Gasteiger partial charge in [-0.1, -0.05) is 68.4 Å². The molecule has 152 valence electrons. The molecule has 0 saturated carbocycles. The molecule has 3 rings (SSSR count). The van der Waals surface area contributed by atoms with Crippen LogP contribution < -0.4 is 14.8 Å². The van der Waals surface area contributed by atoms with E-state index in [-0.39, 0.29) is 6.61 Å². The maximum absolute atomic E-state index is 6.22. The van der Waals surface area contributed by atoms with Crippen LogP contribution in [0.25, 0.3) is 0 Å². The molecule has 0 aliphatic heterocycles. The zero-order valence-electron chi connectivity index (χ0n) is 15.2. The molecule has 0 bridgehead atoms. The summed E-state index contributed by atoms with van der Waals surface area (Å²) in [7, 11) is 1.59. The highest BCUT2D eigenvalue weighted by Gasteiger charge is 2.13. The van der Waals surface area contributed by atoms with Crippen LogP contribution in [0.2, 0.25) is 20.1 Å². The maximum Gasteiger partial charge on any atom is 0.162 e. The number of halogens is 5. The third-order valence-electron chi connectivity index (χ3n) is 4.16. The van der Waals surface area contributed by atoms with E-state index in [1.807, 2.05) is 12.1 Å². The lowest BCUT2D eigenvalue weighted by Crippen LogP contribution is -2.04. The van der Waals surface area contributed by atoms with E-state index in [9.17, 15) is 0 Å². The van der Waals surface area contributed by atoms with Gasteiger partial charge in [-0.3, -0.25) is 0 Å². The van der Waals surface area contributed by atoms with Crippen LogP contribution in [-0.4, -0.2) is 7.11 Å². The maximum atomic E-state index is 6.22. The average Bonchev–Trinajstić information content (AvgIpc) is 2.69. The Labute approximate surface area is 197 Å². The standard InChI is InChI=1S/C21H16BrCl4NO2/c1-28-20-7-12(10-27-19-8-13(23)5-6-18(19)26)15(22)9-21(20)29-11-14-16(24)3-2-4-17(14)25/h2-9,27H,10-11H2,1H3. The molecule has 0 amide bonds. The van der Waals surface area contributed by atoms with Crippen LogP contribution in [-0.2, 0) is 13.2 Å². The summed E-state index contributed by atoms with van der Waals surface area (Å²) in [5.74, 6) is 1.16. The van der Waals surface area contributed by atoms with E-state index < -0.39 is 0 Å². The zero-order chi connectivity index (χ0) is 21.0. The molecule has 0 heterocycles. The van der Waals surface area contributed by atoms with Gasteiger partial charge in [0.2, 0.25) is 0 Å². The quantitative estimate of drug-likeness (QED) is 0.330. The lowest BCUT2D eigenvalue weighted by atomic mass is 10.2. The first kappa shape index (κ1) is 22.4. The smallest absolute Gasteiger partial charge is 0.162 e. The number of nitrogens with one attached hydrogen (secondary N) is 1. The summed E-state index contributed by atoms with van der Waals surface area (Å²) in [6.07, 6.45) is 0. The molecular formula is C21H16BrCl4NO2. The topological polar surface area (TPSA) is 30.5 Å². The molecule has 3 aromatic carbocycles. The number of ether oxygens (including phenoxy) is 2. The van der Waals surface area contributed by atoms with Gasteiger partial charge in [-0.25, -0.2) is 0 Å². The number of hydrogen-bond donors (Lipinski definition) is 1. The van der Waals surface area contributed by atoms with Crippen LogP contribution in [0, 0.1) is 0 Å². The number of anilines is 1.